The lowest BCUT2D eigenvalue weighted by Crippen LogP contribution is -2.31. The Morgan fingerprint density at radius 3 is 3.05 bits per heavy atom. The van der Waals surface area contributed by atoms with Gasteiger partial charge in [-0.15, -0.1) is 0 Å². The van der Waals surface area contributed by atoms with Gasteiger partial charge in [-0.3, -0.25) is 4.90 Å². The fraction of sp³-hybridized carbons (Fsp3) is 0.625. The summed E-state index contributed by atoms with van der Waals surface area (Å²) in [6, 6.07) is 4.86. The summed E-state index contributed by atoms with van der Waals surface area (Å²) < 4.78 is 2.21. The highest BCUT2D eigenvalue weighted by molar-refractivity contribution is 5.71. The molecule has 3 rings (SSSR count). The molecule has 1 atom stereocenters. The summed E-state index contributed by atoms with van der Waals surface area (Å²) in [6.45, 7) is 6.61. The van der Waals surface area contributed by atoms with Crippen LogP contribution in [0.5, 0.6) is 0 Å². The zero-order valence-electron chi connectivity index (χ0n) is 12.9. The van der Waals surface area contributed by atoms with Crippen molar-refractivity contribution >= 4 is 11.2 Å². The molecule has 3 heterocycles. The molecule has 1 aliphatic rings. The highest BCUT2D eigenvalue weighted by Gasteiger charge is 2.32. The van der Waals surface area contributed by atoms with Gasteiger partial charge < -0.3 is 9.67 Å². The molecule has 0 spiro atoms. The molecule has 0 aromatic carbocycles. The van der Waals surface area contributed by atoms with Crippen LogP contribution in [0, 0.1) is 0 Å². The monoisotopic (exact) mass is 288 g/mol. The molecule has 1 fully saturated rings. The minimum absolute atomic E-state index is 0.199. The topological polar surface area (TPSA) is 54.2 Å². The van der Waals surface area contributed by atoms with Gasteiger partial charge in [-0.25, -0.2) is 9.97 Å². The van der Waals surface area contributed by atoms with E-state index in [0.717, 1.165) is 42.9 Å². The molecule has 0 aliphatic carbocycles. The van der Waals surface area contributed by atoms with Gasteiger partial charge in [-0.05, 0) is 51.8 Å². The lowest BCUT2D eigenvalue weighted by molar-refractivity contribution is 0.194. The summed E-state index contributed by atoms with van der Waals surface area (Å²) in [5, 5.41) is 9.17. The van der Waals surface area contributed by atoms with Crippen LogP contribution in [-0.2, 0) is 6.54 Å². The molecular formula is C16H24N4O. The van der Waals surface area contributed by atoms with Gasteiger partial charge in [-0.2, -0.15) is 0 Å². The van der Waals surface area contributed by atoms with E-state index in [9.17, 15) is 0 Å². The molecule has 0 radical (unpaired) electrons. The Bertz CT molecular complexity index is 607. The van der Waals surface area contributed by atoms with Crippen molar-refractivity contribution in [1.82, 2.24) is 19.4 Å². The molecule has 1 unspecified atom stereocenters. The van der Waals surface area contributed by atoms with Crippen molar-refractivity contribution in [2.45, 2.75) is 51.7 Å². The largest absolute Gasteiger partial charge is 0.396 e. The van der Waals surface area contributed by atoms with Crippen LogP contribution >= 0.6 is 0 Å². The van der Waals surface area contributed by atoms with Crippen LogP contribution in [0.4, 0.5) is 0 Å². The van der Waals surface area contributed by atoms with Crippen LogP contribution in [0.1, 0.15) is 45.0 Å². The van der Waals surface area contributed by atoms with Gasteiger partial charge in [0.05, 0.1) is 6.04 Å². The normalized spacial score (nSPS) is 19.9. The third kappa shape index (κ3) is 2.68. The molecule has 5 nitrogen and oxygen atoms in total. The summed E-state index contributed by atoms with van der Waals surface area (Å²) in [5.74, 6) is 1.11. The number of rotatable bonds is 5. The zero-order valence-corrected chi connectivity index (χ0v) is 12.9. The summed E-state index contributed by atoms with van der Waals surface area (Å²) >= 11 is 0. The Hall–Kier alpha value is -1.46. The standard InChI is InChI=1S/C16H24N4O/c1-12(2)19-9-4-7-14(19)16-18-13-6-3-8-17-15(13)20(16)10-5-11-21/h3,6,8,12,14,21H,4-5,7,9-11H2,1-2H3. The van der Waals surface area contributed by atoms with Crippen LogP contribution in [0.25, 0.3) is 11.2 Å². The van der Waals surface area contributed by atoms with Gasteiger partial charge in [0.2, 0.25) is 0 Å². The number of hydrogen-bond acceptors (Lipinski definition) is 4. The molecule has 5 heteroatoms. The highest BCUT2D eigenvalue weighted by Crippen LogP contribution is 2.34. The van der Waals surface area contributed by atoms with Crippen molar-refractivity contribution in [3.63, 3.8) is 0 Å². The molecule has 2 aromatic heterocycles. The Morgan fingerprint density at radius 1 is 1.43 bits per heavy atom. The molecule has 0 saturated carbocycles. The summed E-state index contributed by atoms with van der Waals surface area (Å²) in [5.41, 5.74) is 1.90. The fourth-order valence-corrected chi connectivity index (χ4v) is 3.36. The van der Waals surface area contributed by atoms with E-state index in [1.54, 1.807) is 0 Å². The van der Waals surface area contributed by atoms with Gasteiger partial charge in [0.25, 0.3) is 0 Å². The lowest BCUT2D eigenvalue weighted by atomic mass is 10.2. The minimum Gasteiger partial charge on any atom is -0.396 e. The Labute approximate surface area is 125 Å². The number of aromatic nitrogens is 3. The van der Waals surface area contributed by atoms with E-state index in [1.807, 2.05) is 18.3 Å². The number of aliphatic hydroxyl groups is 1. The Morgan fingerprint density at radius 2 is 2.29 bits per heavy atom. The summed E-state index contributed by atoms with van der Waals surface area (Å²) in [4.78, 5) is 11.9. The third-order valence-corrected chi connectivity index (χ3v) is 4.33. The Balaban J connectivity index is 2.04. The average Bonchev–Trinajstić information content (AvgIpc) is 3.09. The first-order chi connectivity index (χ1) is 10.2. The minimum atomic E-state index is 0.199. The van der Waals surface area contributed by atoms with Crippen LogP contribution in [0.2, 0.25) is 0 Å². The molecule has 1 aliphatic heterocycles. The van der Waals surface area contributed by atoms with E-state index < -0.39 is 0 Å². The molecule has 114 valence electrons. The van der Waals surface area contributed by atoms with Gasteiger partial charge in [0, 0.05) is 25.4 Å². The van der Waals surface area contributed by atoms with Crippen molar-refractivity contribution in [3.05, 3.63) is 24.2 Å². The second-order valence-electron chi connectivity index (χ2n) is 6.03. The molecule has 21 heavy (non-hydrogen) atoms. The zero-order chi connectivity index (χ0) is 14.8. The first-order valence-electron chi connectivity index (χ1n) is 7.90. The lowest BCUT2D eigenvalue weighted by Gasteiger charge is -2.28. The van der Waals surface area contributed by atoms with E-state index >= 15 is 0 Å². The smallest absolute Gasteiger partial charge is 0.160 e. The number of likely N-dealkylation sites (tertiary alicyclic amines) is 1. The van der Waals surface area contributed by atoms with Gasteiger partial charge in [-0.1, -0.05) is 0 Å². The van der Waals surface area contributed by atoms with Crippen molar-refractivity contribution in [3.8, 4) is 0 Å². The predicted molar refractivity (Wildman–Crippen MR) is 83.0 cm³/mol. The molecule has 0 amide bonds. The van der Waals surface area contributed by atoms with E-state index in [0.29, 0.717) is 12.1 Å². The number of hydrogen-bond donors (Lipinski definition) is 1. The number of aryl methyl sites for hydroxylation is 1. The van der Waals surface area contributed by atoms with E-state index in [1.165, 1.54) is 6.42 Å². The molecular weight excluding hydrogens is 264 g/mol. The Kier molecular flexibility index (Phi) is 4.22. The quantitative estimate of drug-likeness (QED) is 0.917. The number of aliphatic hydroxyl groups excluding tert-OH is 1. The van der Waals surface area contributed by atoms with E-state index in [-0.39, 0.29) is 6.61 Å². The third-order valence-electron chi connectivity index (χ3n) is 4.33. The first-order valence-corrected chi connectivity index (χ1v) is 7.90. The van der Waals surface area contributed by atoms with Crippen LogP contribution in [0.15, 0.2) is 18.3 Å². The van der Waals surface area contributed by atoms with Crippen LogP contribution in [-0.4, -0.2) is 43.7 Å². The second kappa shape index (κ2) is 6.12. The number of pyridine rings is 1. The predicted octanol–water partition coefficient (Wildman–Crippen LogP) is 2.36. The number of imidazole rings is 1. The maximum Gasteiger partial charge on any atom is 0.160 e. The second-order valence-corrected chi connectivity index (χ2v) is 6.03. The van der Waals surface area contributed by atoms with Crippen molar-refractivity contribution < 1.29 is 5.11 Å². The fourth-order valence-electron chi connectivity index (χ4n) is 3.36. The first kappa shape index (κ1) is 14.5. The number of nitrogens with zero attached hydrogens (tertiary/aromatic N) is 4. The van der Waals surface area contributed by atoms with Crippen LogP contribution < -0.4 is 0 Å². The van der Waals surface area contributed by atoms with Crippen molar-refractivity contribution in [2.75, 3.05) is 13.2 Å². The maximum atomic E-state index is 9.17. The maximum absolute atomic E-state index is 9.17. The molecule has 1 N–H and O–H groups in total. The van der Waals surface area contributed by atoms with Crippen molar-refractivity contribution in [1.29, 1.82) is 0 Å². The summed E-state index contributed by atoms with van der Waals surface area (Å²) in [7, 11) is 0. The summed E-state index contributed by atoms with van der Waals surface area (Å²) in [6.07, 6.45) is 4.93. The van der Waals surface area contributed by atoms with Gasteiger partial charge >= 0.3 is 0 Å². The number of fused-ring (bicyclic) bond motifs is 1. The SMILES string of the molecule is CC(C)N1CCCC1c1nc2cccnc2n1CCCO. The van der Waals surface area contributed by atoms with Crippen molar-refractivity contribution in [2.24, 2.45) is 0 Å². The van der Waals surface area contributed by atoms with E-state index in [4.69, 9.17) is 10.1 Å². The molecule has 2 aromatic rings. The van der Waals surface area contributed by atoms with Gasteiger partial charge in [0.15, 0.2) is 5.65 Å². The molecule has 1 saturated heterocycles. The molecule has 0 bridgehead atoms. The van der Waals surface area contributed by atoms with E-state index in [2.05, 4.69) is 28.3 Å². The van der Waals surface area contributed by atoms with Crippen LogP contribution in [0.3, 0.4) is 0 Å². The highest BCUT2D eigenvalue weighted by atomic mass is 16.3. The van der Waals surface area contributed by atoms with Gasteiger partial charge in [0.1, 0.15) is 11.3 Å². The average molecular weight is 288 g/mol.